The largest absolute Gasteiger partial charge is 0.492 e. The van der Waals surface area contributed by atoms with Crippen LogP contribution in [-0.4, -0.2) is 48.5 Å². The van der Waals surface area contributed by atoms with E-state index in [1.165, 1.54) is 0 Å². The topological polar surface area (TPSA) is 84.2 Å². The molecule has 1 saturated heterocycles. The van der Waals surface area contributed by atoms with Crippen LogP contribution >= 0.6 is 0 Å². The maximum atomic E-state index is 12.4. The lowest BCUT2D eigenvalue weighted by Crippen LogP contribution is -2.34. The molecular formula is C22H24N2O5. The van der Waals surface area contributed by atoms with Crippen molar-refractivity contribution in [2.24, 2.45) is 0 Å². The van der Waals surface area contributed by atoms with Crippen LogP contribution in [0.15, 0.2) is 59.0 Å². The lowest BCUT2D eigenvalue weighted by Gasteiger charge is -2.23. The second kappa shape index (κ2) is 8.98. The second-order valence-corrected chi connectivity index (χ2v) is 6.97. The van der Waals surface area contributed by atoms with Crippen LogP contribution in [0, 0.1) is 0 Å². The van der Waals surface area contributed by atoms with Gasteiger partial charge in [0.05, 0.1) is 6.54 Å². The van der Waals surface area contributed by atoms with Crippen LogP contribution in [-0.2, 0) is 0 Å². The number of hydrogen-bond donors (Lipinski definition) is 2. The molecule has 29 heavy (non-hydrogen) atoms. The molecule has 7 nitrogen and oxygen atoms in total. The molecule has 1 amide bonds. The monoisotopic (exact) mass is 396 g/mol. The number of amides is 1. The quantitative estimate of drug-likeness (QED) is 0.470. The summed E-state index contributed by atoms with van der Waals surface area (Å²) in [5.41, 5.74) is 0.569. The summed E-state index contributed by atoms with van der Waals surface area (Å²) in [5, 5.41) is 14.7. The van der Waals surface area contributed by atoms with Gasteiger partial charge in [-0.1, -0.05) is 18.2 Å². The summed E-state index contributed by atoms with van der Waals surface area (Å²) in [4.78, 5) is 12.4. The van der Waals surface area contributed by atoms with Crippen molar-refractivity contribution in [1.29, 1.82) is 0 Å². The maximum Gasteiger partial charge on any atom is 0.313 e. The van der Waals surface area contributed by atoms with E-state index < -0.39 is 5.91 Å². The van der Waals surface area contributed by atoms with Gasteiger partial charge in [0.15, 0.2) is 5.76 Å². The summed E-state index contributed by atoms with van der Waals surface area (Å²) in [6.07, 6.45) is 2.13. The molecule has 1 fully saturated rings. The van der Waals surface area contributed by atoms with Crippen LogP contribution in [0.4, 0.5) is 0 Å². The zero-order valence-electron chi connectivity index (χ0n) is 16.0. The first-order chi connectivity index (χ1) is 14.2. The van der Waals surface area contributed by atoms with Gasteiger partial charge in [-0.3, -0.25) is 10.0 Å². The molecular weight excluding hydrogens is 372 g/mol. The molecule has 3 aromatic rings. The van der Waals surface area contributed by atoms with Crippen molar-refractivity contribution in [3.8, 4) is 11.5 Å². The maximum absolute atomic E-state index is 12.4. The zero-order chi connectivity index (χ0) is 20.1. The van der Waals surface area contributed by atoms with E-state index in [2.05, 4.69) is 5.32 Å². The highest BCUT2D eigenvalue weighted by Gasteiger charge is 2.20. The van der Waals surface area contributed by atoms with Crippen LogP contribution in [0.5, 0.6) is 11.5 Å². The molecule has 0 spiro atoms. The number of piperidine rings is 1. The predicted octanol–water partition coefficient (Wildman–Crippen LogP) is 3.47. The van der Waals surface area contributed by atoms with Crippen molar-refractivity contribution in [1.82, 2.24) is 10.4 Å². The van der Waals surface area contributed by atoms with Gasteiger partial charge in [0.2, 0.25) is 0 Å². The number of hydrogen-bond acceptors (Lipinski definition) is 6. The summed E-state index contributed by atoms with van der Waals surface area (Å²) >= 11 is 0. The molecule has 1 aromatic heterocycles. The predicted molar refractivity (Wildman–Crippen MR) is 107 cm³/mol. The smallest absolute Gasteiger partial charge is 0.313 e. The SMILES string of the molecule is O=C(c1cc2cc(OC3CCNCC3)ccc2o1)N(O)CCOc1ccccc1. The molecule has 2 heterocycles. The van der Waals surface area contributed by atoms with Gasteiger partial charge < -0.3 is 19.2 Å². The van der Waals surface area contributed by atoms with E-state index >= 15 is 0 Å². The third kappa shape index (κ3) is 4.88. The number of ether oxygens (including phenoxy) is 2. The average Bonchev–Trinajstić information content (AvgIpc) is 3.18. The Morgan fingerprint density at radius 1 is 1.10 bits per heavy atom. The fraction of sp³-hybridized carbons (Fsp3) is 0.318. The number of rotatable bonds is 7. The standard InChI is InChI=1S/C22H24N2O5/c25-22(24(26)12-13-27-17-4-2-1-3-5-17)21-15-16-14-19(6-7-20(16)29-21)28-18-8-10-23-11-9-18/h1-7,14-15,18,23,26H,8-13H2. The summed E-state index contributed by atoms with van der Waals surface area (Å²) in [7, 11) is 0. The summed E-state index contributed by atoms with van der Waals surface area (Å²) in [6.45, 7) is 2.10. The molecule has 1 aliphatic rings. The average molecular weight is 396 g/mol. The Labute approximate surface area is 168 Å². The van der Waals surface area contributed by atoms with Gasteiger partial charge in [0.25, 0.3) is 0 Å². The van der Waals surface area contributed by atoms with Crippen LogP contribution in [0.25, 0.3) is 11.0 Å². The Kier molecular flexibility index (Phi) is 5.97. The molecule has 7 heteroatoms. The van der Waals surface area contributed by atoms with E-state index in [-0.39, 0.29) is 25.0 Å². The number of nitrogens with one attached hydrogen (secondary N) is 1. The van der Waals surface area contributed by atoms with E-state index in [1.807, 2.05) is 42.5 Å². The van der Waals surface area contributed by atoms with Gasteiger partial charge in [-0.25, -0.2) is 5.06 Å². The van der Waals surface area contributed by atoms with Crippen molar-refractivity contribution in [2.75, 3.05) is 26.2 Å². The zero-order valence-corrected chi connectivity index (χ0v) is 16.0. The number of fused-ring (bicyclic) bond motifs is 1. The molecule has 0 aliphatic carbocycles. The molecule has 0 radical (unpaired) electrons. The highest BCUT2D eigenvalue weighted by atomic mass is 16.5. The number of carbonyl (C=O) groups excluding carboxylic acids is 1. The van der Waals surface area contributed by atoms with Gasteiger partial charge in [-0.2, -0.15) is 0 Å². The van der Waals surface area contributed by atoms with E-state index in [9.17, 15) is 10.0 Å². The molecule has 0 saturated carbocycles. The number of furan rings is 1. The molecule has 152 valence electrons. The van der Waals surface area contributed by atoms with Gasteiger partial charge in [-0.05, 0) is 62.3 Å². The lowest BCUT2D eigenvalue weighted by molar-refractivity contribution is -0.0654. The van der Waals surface area contributed by atoms with E-state index in [0.29, 0.717) is 16.4 Å². The normalized spacial score (nSPS) is 14.7. The third-order valence-corrected chi connectivity index (χ3v) is 4.84. The van der Waals surface area contributed by atoms with Crippen molar-refractivity contribution in [2.45, 2.75) is 18.9 Å². The number of nitrogens with zero attached hydrogens (tertiary/aromatic N) is 1. The minimum Gasteiger partial charge on any atom is -0.492 e. The number of para-hydroxylation sites is 1. The first-order valence-electron chi connectivity index (χ1n) is 9.78. The van der Waals surface area contributed by atoms with Crippen molar-refractivity contribution in [3.05, 3.63) is 60.4 Å². The molecule has 2 aromatic carbocycles. The van der Waals surface area contributed by atoms with Crippen LogP contribution < -0.4 is 14.8 Å². The fourth-order valence-electron chi connectivity index (χ4n) is 3.30. The van der Waals surface area contributed by atoms with Gasteiger partial charge in [0, 0.05) is 5.39 Å². The Morgan fingerprint density at radius 2 is 1.90 bits per heavy atom. The summed E-state index contributed by atoms with van der Waals surface area (Å²) in [5.74, 6) is 0.889. The molecule has 0 atom stereocenters. The molecule has 2 N–H and O–H groups in total. The molecule has 1 aliphatic heterocycles. The van der Waals surface area contributed by atoms with Crippen molar-refractivity contribution >= 4 is 16.9 Å². The Balaban J connectivity index is 1.36. The minimum atomic E-state index is -0.612. The highest BCUT2D eigenvalue weighted by Crippen LogP contribution is 2.26. The summed E-state index contributed by atoms with van der Waals surface area (Å²) < 4.78 is 17.1. The number of carbonyl (C=O) groups is 1. The lowest BCUT2D eigenvalue weighted by atomic mass is 10.1. The van der Waals surface area contributed by atoms with E-state index in [0.717, 1.165) is 37.1 Å². The third-order valence-electron chi connectivity index (χ3n) is 4.84. The van der Waals surface area contributed by atoms with Crippen LogP contribution in [0.2, 0.25) is 0 Å². The molecule has 0 unspecified atom stereocenters. The van der Waals surface area contributed by atoms with Crippen molar-refractivity contribution < 1.29 is 23.9 Å². The highest BCUT2D eigenvalue weighted by molar-refractivity contribution is 5.95. The Morgan fingerprint density at radius 3 is 2.69 bits per heavy atom. The van der Waals surface area contributed by atoms with Gasteiger partial charge >= 0.3 is 5.91 Å². The minimum absolute atomic E-state index is 0.0227. The fourth-order valence-corrected chi connectivity index (χ4v) is 3.30. The Hall–Kier alpha value is -3.03. The first kappa shape index (κ1) is 19.3. The number of benzene rings is 2. The van der Waals surface area contributed by atoms with Gasteiger partial charge in [-0.15, -0.1) is 0 Å². The Bertz CT molecular complexity index is 950. The second-order valence-electron chi connectivity index (χ2n) is 6.97. The number of hydroxylamine groups is 2. The van der Waals surface area contributed by atoms with E-state index in [4.69, 9.17) is 13.9 Å². The van der Waals surface area contributed by atoms with Crippen molar-refractivity contribution in [3.63, 3.8) is 0 Å². The first-order valence-corrected chi connectivity index (χ1v) is 9.78. The van der Waals surface area contributed by atoms with E-state index in [1.54, 1.807) is 12.1 Å². The molecule has 4 rings (SSSR count). The van der Waals surface area contributed by atoms with Crippen LogP contribution in [0.1, 0.15) is 23.4 Å². The van der Waals surface area contributed by atoms with Gasteiger partial charge in [0.1, 0.15) is 29.8 Å². The van der Waals surface area contributed by atoms with Crippen LogP contribution in [0.3, 0.4) is 0 Å². The summed E-state index contributed by atoms with van der Waals surface area (Å²) in [6, 6.07) is 16.3. The molecule has 0 bridgehead atoms.